The zero-order valence-corrected chi connectivity index (χ0v) is 17.4. The zero-order chi connectivity index (χ0) is 19.6. The SMILES string of the molecule is CCCCCCOc1ccc(Br)cc1C(=O)NNC(=O)c1ccc(Cl)cc1. The smallest absolute Gasteiger partial charge is 0.273 e. The van der Waals surface area contributed by atoms with Gasteiger partial charge in [0, 0.05) is 15.1 Å². The van der Waals surface area contributed by atoms with E-state index in [1.165, 1.54) is 0 Å². The van der Waals surface area contributed by atoms with Gasteiger partial charge in [0.1, 0.15) is 5.75 Å². The van der Waals surface area contributed by atoms with Crippen molar-refractivity contribution in [3.63, 3.8) is 0 Å². The quantitative estimate of drug-likeness (QED) is 0.430. The predicted molar refractivity (Wildman–Crippen MR) is 110 cm³/mol. The molecule has 0 fully saturated rings. The van der Waals surface area contributed by atoms with Gasteiger partial charge in [-0.3, -0.25) is 20.4 Å². The average molecular weight is 454 g/mol. The highest BCUT2D eigenvalue weighted by molar-refractivity contribution is 9.10. The maximum absolute atomic E-state index is 12.5. The molecule has 0 heterocycles. The molecule has 0 saturated heterocycles. The molecule has 7 heteroatoms. The second kappa shape index (κ2) is 10.9. The molecule has 27 heavy (non-hydrogen) atoms. The van der Waals surface area contributed by atoms with E-state index in [9.17, 15) is 9.59 Å². The standard InChI is InChI=1S/C20H22BrClN2O3/c1-2-3-4-5-12-27-18-11-8-15(21)13-17(18)20(26)24-23-19(25)14-6-9-16(22)10-7-14/h6-11,13H,2-5,12H2,1H3,(H,23,25)(H,24,26). The van der Waals surface area contributed by atoms with E-state index < -0.39 is 11.8 Å². The van der Waals surface area contributed by atoms with Crippen LogP contribution in [0.5, 0.6) is 5.75 Å². The lowest BCUT2D eigenvalue weighted by Gasteiger charge is -2.13. The molecule has 2 aromatic carbocycles. The molecule has 0 aliphatic heterocycles. The lowest BCUT2D eigenvalue weighted by atomic mass is 10.2. The molecule has 0 unspecified atom stereocenters. The summed E-state index contributed by atoms with van der Waals surface area (Å²) in [6, 6.07) is 11.6. The van der Waals surface area contributed by atoms with Crippen LogP contribution < -0.4 is 15.6 Å². The summed E-state index contributed by atoms with van der Waals surface area (Å²) in [6.45, 7) is 2.69. The van der Waals surface area contributed by atoms with Gasteiger partial charge in [-0.25, -0.2) is 0 Å². The first kappa shape index (κ1) is 21.3. The van der Waals surface area contributed by atoms with Crippen molar-refractivity contribution in [3.05, 3.63) is 63.1 Å². The summed E-state index contributed by atoms with van der Waals surface area (Å²) in [7, 11) is 0. The molecule has 0 saturated carbocycles. The van der Waals surface area contributed by atoms with Crippen LogP contribution in [0.4, 0.5) is 0 Å². The van der Waals surface area contributed by atoms with Crippen LogP contribution in [0.3, 0.4) is 0 Å². The first-order valence-electron chi connectivity index (χ1n) is 8.80. The van der Waals surface area contributed by atoms with Gasteiger partial charge in [0.05, 0.1) is 12.2 Å². The number of benzene rings is 2. The average Bonchev–Trinajstić information content (AvgIpc) is 2.67. The number of hydrogen-bond acceptors (Lipinski definition) is 3. The Morgan fingerprint density at radius 1 is 1.00 bits per heavy atom. The second-order valence-electron chi connectivity index (χ2n) is 5.96. The van der Waals surface area contributed by atoms with E-state index in [2.05, 4.69) is 33.7 Å². The third kappa shape index (κ3) is 6.88. The molecule has 2 rings (SSSR count). The van der Waals surface area contributed by atoms with Crippen molar-refractivity contribution < 1.29 is 14.3 Å². The molecule has 0 radical (unpaired) electrons. The van der Waals surface area contributed by atoms with E-state index in [0.29, 0.717) is 28.5 Å². The van der Waals surface area contributed by atoms with Crippen LogP contribution in [0, 0.1) is 0 Å². The summed E-state index contributed by atoms with van der Waals surface area (Å²) in [5, 5.41) is 0.533. The molecule has 5 nitrogen and oxygen atoms in total. The number of carbonyl (C=O) groups excluding carboxylic acids is 2. The fourth-order valence-electron chi connectivity index (χ4n) is 2.37. The normalized spacial score (nSPS) is 10.3. The lowest BCUT2D eigenvalue weighted by molar-refractivity contribution is 0.0844. The Bertz CT molecular complexity index is 781. The molecule has 0 bridgehead atoms. The molecule has 2 aromatic rings. The number of nitrogens with one attached hydrogen (secondary N) is 2. The molecule has 0 atom stereocenters. The van der Waals surface area contributed by atoms with Crippen LogP contribution in [0.15, 0.2) is 46.9 Å². The third-order valence-corrected chi connectivity index (χ3v) is 4.58. The van der Waals surface area contributed by atoms with Crippen molar-refractivity contribution in [1.82, 2.24) is 10.9 Å². The highest BCUT2D eigenvalue weighted by Gasteiger charge is 2.15. The van der Waals surface area contributed by atoms with Crippen LogP contribution in [-0.2, 0) is 0 Å². The molecule has 0 aliphatic rings. The topological polar surface area (TPSA) is 67.4 Å². The summed E-state index contributed by atoms with van der Waals surface area (Å²) in [5.74, 6) is -0.410. The van der Waals surface area contributed by atoms with E-state index in [0.717, 1.165) is 30.2 Å². The fraction of sp³-hybridized carbons (Fsp3) is 0.300. The van der Waals surface area contributed by atoms with Gasteiger partial charge in [0.2, 0.25) is 0 Å². The number of unbranched alkanes of at least 4 members (excludes halogenated alkanes) is 3. The Hall–Kier alpha value is -2.05. The minimum atomic E-state index is -0.456. The molecule has 2 N–H and O–H groups in total. The van der Waals surface area contributed by atoms with Gasteiger partial charge in [-0.2, -0.15) is 0 Å². The minimum Gasteiger partial charge on any atom is -0.493 e. The summed E-state index contributed by atoms with van der Waals surface area (Å²) in [4.78, 5) is 24.6. The summed E-state index contributed by atoms with van der Waals surface area (Å²) < 4.78 is 6.50. The Labute approximate surface area is 172 Å². The zero-order valence-electron chi connectivity index (χ0n) is 15.1. The maximum atomic E-state index is 12.5. The van der Waals surface area contributed by atoms with E-state index >= 15 is 0 Å². The van der Waals surface area contributed by atoms with Gasteiger partial charge in [0.15, 0.2) is 0 Å². The fourth-order valence-corrected chi connectivity index (χ4v) is 2.86. The summed E-state index contributed by atoms with van der Waals surface area (Å²) in [5.41, 5.74) is 5.55. The van der Waals surface area contributed by atoms with Crippen LogP contribution in [0.2, 0.25) is 5.02 Å². The first-order chi connectivity index (χ1) is 13.0. The van der Waals surface area contributed by atoms with Crippen molar-refractivity contribution in [2.75, 3.05) is 6.61 Å². The Balaban J connectivity index is 1.96. The highest BCUT2D eigenvalue weighted by atomic mass is 79.9. The van der Waals surface area contributed by atoms with E-state index in [-0.39, 0.29) is 0 Å². The Kier molecular flexibility index (Phi) is 8.61. The number of halogens is 2. The minimum absolute atomic E-state index is 0.344. The molecule has 0 aromatic heterocycles. The first-order valence-corrected chi connectivity index (χ1v) is 9.97. The van der Waals surface area contributed by atoms with Crippen LogP contribution in [-0.4, -0.2) is 18.4 Å². The second-order valence-corrected chi connectivity index (χ2v) is 7.32. The largest absolute Gasteiger partial charge is 0.493 e. The number of hydrogen-bond donors (Lipinski definition) is 2. The van der Waals surface area contributed by atoms with Crippen molar-refractivity contribution in [2.24, 2.45) is 0 Å². The molecule has 0 spiro atoms. The number of rotatable bonds is 8. The maximum Gasteiger partial charge on any atom is 0.273 e. The summed E-state index contributed by atoms with van der Waals surface area (Å²) >= 11 is 9.16. The van der Waals surface area contributed by atoms with Crippen molar-refractivity contribution >= 4 is 39.3 Å². The van der Waals surface area contributed by atoms with Crippen LogP contribution >= 0.6 is 27.5 Å². The van der Waals surface area contributed by atoms with Gasteiger partial charge < -0.3 is 4.74 Å². The third-order valence-electron chi connectivity index (χ3n) is 3.84. The number of carbonyl (C=O) groups is 2. The van der Waals surface area contributed by atoms with Crippen molar-refractivity contribution in [1.29, 1.82) is 0 Å². The van der Waals surface area contributed by atoms with Gasteiger partial charge in [-0.05, 0) is 48.9 Å². The monoisotopic (exact) mass is 452 g/mol. The number of amides is 2. The van der Waals surface area contributed by atoms with Crippen molar-refractivity contribution in [3.8, 4) is 5.75 Å². The number of ether oxygens (including phenoxy) is 1. The Morgan fingerprint density at radius 2 is 1.70 bits per heavy atom. The highest BCUT2D eigenvalue weighted by Crippen LogP contribution is 2.23. The van der Waals surface area contributed by atoms with Gasteiger partial charge in [0.25, 0.3) is 11.8 Å². The lowest BCUT2D eigenvalue weighted by Crippen LogP contribution is -2.41. The van der Waals surface area contributed by atoms with Crippen LogP contribution in [0.25, 0.3) is 0 Å². The molecule has 2 amide bonds. The predicted octanol–water partition coefficient (Wildman–Crippen LogP) is 5.14. The van der Waals surface area contributed by atoms with E-state index in [1.807, 2.05) is 6.07 Å². The molecule has 0 aliphatic carbocycles. The van der Waals surface area contributed by atoms with E-state index in [1.54, 1.807) is 36.4 Å². The summed E-state index contributed by atoms with van der Waals surface area (Å²) in [6.07, 6.45) is 4.33. The van der Waals surface area contributed by atoms with Crippen LogP contribution in [0.1, 0.15) is 53.3 Å². The molecular weight excluding hydrogens is 432 g/mol. The Morgan fingerprint density at radius 3 is 2.41 bits per heavy atom. The van der Waals surface area contributed by atoms with Gasteiger partial charge in [-0.15, -0.1) is 0 Å². The van der Waals surface area contributed by atoms with E-state index in [4.69, 9.17) is 16.3 Å². The van der Waals surface area contributed by atoms with Crippen molar-refractivity contribution in [2.45, 2.75) is 32.6 Å². The molecular formula is C20H22BrClN2O3. The van der Waals surface area contributed by atoms with Gasteiger partial charge >= 0.3 is 0 Å². The molecule has 144 valence electrons. The number of hydrazine groups is 1. The van der Waals surface area contributed by atoms with Gasteiger partial charge in [-0.1, -0.05) is 53.7 Å².